The van der Waals surface area contributed by atoms with Gasteiger partial charge in [-0.15, -0.1) is 0 Å². The number of rotatable bonds is 4. The van der Waals surface area contributed by atoms with Crippen molar-refractivity contribution in [3.8, 4) is 0 Å². The maximum absolute atomic E-state index is 12.9. The van der Waals surface area contributed by atoms with Crippen LogP contribution in [0.3, 0.4) is 0 Å². The third-order valence-electron chi connectivity index (χ3n) is 4.16. The van der Waals surface area contributed by atoms with Gasteiger partial charge in [-0.05, 0) is 13.3 Å². The van der Waals surface area contributed by atoms with Gasteiger partial charge in [0.15, 0.2) is 0 Å². The minimum absolute atomic E-state index is 0.148. The molecule has 0 fully saturated rings. The van der Waals surface area contributed by atoms with E-state index in [1.807, 2.05) is 0 Å². The molecule has 1 aliphatic rings. The summed E-state index contributed by atoms with van der Waals surface area (Å²) >= 11 is 0. The normalized spacial score (nSPS) is 14.7. The van der Waals surface area contributed by atoms with Gasteiger partial charge in [0.1, 0.15) is 11.9 Å². The first-order valence-electron chi connectivity index (χ1n) is 8.06. The number of imidazole rings is 1. The fraction of sp³-hybridized carbons (Fsp3) is 0.438. The van der Waals surface area contributed by atoms with E-state index in [1.165, 1.54) is 13.3 Å². The molecule has 2 aromatic rings. The summed E-state index contributed by atoms with van der Waals surface area (Å²) in [6.07, 6.45) is 3.92. The molecule has 132 valence electrons. The Balaban J connectivity index is 1.80. The molecule has 9 nitrogen and oxygen atoms in total. The molecule has 0 unspecified atom stereocenters. The molecular formula is C16H20N6O3. The summed E-state index contributed by atoms with van der Waals surface area (Å²) in [5.74, 6) is 0.0461. The fourth-order valence-corrected chi connectivity index (χ4v) is 3.03. The van der Waals surface area contributed by atoms with E-state index in [4.69, 9.17) is 0 Å². The third-order valence-corrected chi connectivity index (χ3v) is 4.16. The van der Waals surface area contributed by atoms with Crippen molar-refractivity contribution in [1.29, 1.82) is 0 Å². The molecule has 0 saturated carbocycles. The highest BCUT2D eigenvalue weighted by Crippen LogP contribution is 2.15. The van der Waals surface area contributed by atoms with Gasteiger partial charge in [-0.25, -0.2) is 9.97 Å². The van der Waals surface area contributed by atoms with Gasteiger partial charge in [0.25, 0.3) is 5.56 Å². The van der Waals surface area contributed by atoms with Crippen LogP contribution in [-0.2, 0) is 29.0 Å². The monoisotopic (exact) mass is 344 g/mol. The standard InChI is InChI=1S/C16H20N6O3/c1-9-19-14-7-22(4-3-12(14)15(24)20-9)16(25)13(21-10(2)23)5-11-6-17-8-18-11/h6,8,13H,3-5,7H2,1-2H3,(H,17,18)(H,21,23)(H,19,20,24)/t13-/m0/s1. The van der Waals surface area contributed by atoms with E-state index in [0.717, 1.165) is 5.69 Å². The van der Waals surface area contributed by atoms with Crippen molar-refractivity contribution in [2.24, 2.45) is 0 Å². The number of aromatic nitrogens is 4. The maximum atomic E-state index is 12.9. The summed E-state index contributed by atoms with van der Waals surface area (Å²) in [5.41, 5.74) is 1.85. The van der Waals surface area contributed by atoms with Crippen molar-refractivity contribution in [3.63, 3.8) is 0 Å². The molecule has 3 rings (SSSR count). The number of H-pyrrole nitrogens is 2. The Hall–Kier alpha value is -2.97. The molecule has 0 saturated heterocycles. The Morgan fingerprint density at radius 3 is 2.92 bits per heavy atom. The molecule has 0 aromatic carbocycles. The lowest BCUT2D eigenvalue weighted by molar-refractivity contribution is -0.137. The van der Waals surface area contributed by atoms with Gasteiger partial charge in [0.05, 0.1) is 18.6 Å². The molecule has 0 aliphatic carbocycles. The van der Waals surface area contributed by atoms with E-state index in [1.54, 1.807) is 18.0 Å². The van der Waals surface area contributed by atoms with Crippen LogP contribution in [0.25, 0.3) is 0 Å². The molecular weight excluding hydrogens is 324 g/mol. The average molecular weight is 344 g/mol. The minimum Gasteiger partial charge on any atom is -0.348 e. The zero-order valence-electron chi connectivity index (χ0n) is 14.1. The van der Waals surface area contributed by atoms with E-state index in [9.17, 15) is 14.4 Å². The van der Waals surface area contributed by atoms with Crippen LogP contribution in [0.15, 0.2) is 17.3 Å². The topological polar surface area (TPSA) is 124 Å². The molecule has 0 bridgehead atoms. The number of hydrogen-bond donors (Lipinski definition) is 3. The Kier molecular flexibility index (Phi) is 4.64. The van der Waals surface area contributed by atoms with Crippen molar-refractivity contribution in [2.45, 2.75) is 39.3 Å². The predicted molar refractivity (Wildman–Crippen MR) is 88.6 cm³/mol. The summed E-state index contributed by atoms with van der Waals surface area (Å²) in [4.78, 5) is 51.9. The van der Waals surface area contributed by atoms with E-state index in [2.05, 4.69) is 25.3 Å². The molecule has 0 spiro atoms. The van der Waals surface area contributed by atoms with Gasteiger partial charge in [-0.1, -0.05) is 0 Å². The van der Waals surface area contributed by atoms with Crippen LogP contribution >= 0.6 is 0 Å². The Morgan fingerprint density at radius 1 is 1.44 bits per heavy atom. The first kappa shape index (κ1) is 16.9. The van der Waals surface area contributed by atoms with Crippen LogP contribution in [0.5, 0.6) is 0 Å². The highest BCUT2D eigenvalue weighted by Gasteiger charge is 2.30. The molecule has 25 heavy (non-hydrogen) atoms. The number of aryl methyl sites for hydroxylation is 1. The Morgan fingerprint density at radius 2 is 2.24 bits per heavy atom. The predicted octanol–water partition coefficient (Wildman–Crippen LogP) is -0.566. The Labute approximate surface area is 143 Å². The van der Waals surface area contributed by atoms with Crippen LogP contribution in [0.1, 0.15) is 29.7 Å². The highest BCUT2D eigenvalue weighted by molar-refractivity contribution is 5.87. The number of amides is 2. The van der Waals surface area contributed by atoms with Crippen LogP contribution in [-0.4, -0.2) is 49.2 Å². The molecule has 2 amide bonds. The quantitative estimate of drug-likeness (QED) is 0.685. The van der Waals surface area contributed by atoms with Gasteiger partial charge in [-0.2, -0.15) is 0 Å². The molecule has 1 aliphatic heterocycles. The molecule has 3 heterocycles. The summed E-state index contributed by atoms with van der Waals surface area (Å²) in [6.45, 7) is 3.76. The van der Waals surface area contributed by atoms with Crippen molar-refractivity contribution in [1.82, 2.24) is 30.2 Å². The summed E-state index contributed by atoms with van der Waals surface area (Å²) in [5, 5.41) is 2.70. The zero-order valence-corrected chi connectivity index (χ0v) is 14.1. The van der Waals surface area contributed by atoms with E-state index >= 15 is 0 Å². The number of carbonyl (C=O) groups is 2. The number of nitrogens with zero attached hydrogens (tertiary/aromatic N) is 3. The van der Waals surface area contributed by atoms with Crippen LogP contribution in [0, 0.1) is 6.92 Å². The second kappa shape index (κ2) is 6.88. The highest BCUT2D eigenvalue weighted by atomic mass is 16.2. The molecule has 9 heteroatoms. The van der Waals surface area contributed by atoms with Crippen LogP contribution < -0.4 is 10.9 Å². The number of fused-ring (bicyclic) bond motifs is 1. The smallest absolute Gasteiger partial charge is 0.254 e. The largest absolute Gasteiger partial charge is 0.348 e. The van der Waals surface area contributed by atoms with Gasteiger partial charge in [0, 0.05) is 37.3 Å². The minimum atomic E-state index is -0.692. The van der Waals surface area contributed by atoms with Crippen molar-refractivity contribution in [3.05, 3.63) is 45.7 Å². The van der Waals surface area contributed by atoms with E-state index < -0.39 is 6.04 Å². The lowest BCUT2D eigenvalue weighted by Crippen LogP contribution is -2.51. The SMILES string of the molecule is CC(=O)N[C@@H](Cc1cnc[nH]1)C(=O)N1CCc2c(nc(C)[nH]c2=O)C1. The summed E-state index contributed by atoms with van der Waals surface area (Å²) in [6, 6.07) is -0.692. The van der Waals surface area contributed by atoms with Crippen molar-refractivity contribution < 1.29 is 9.59 Å². The fourth-order valence-electron chi connectivity index (χ4n) is 3.03. The van der Waals surface area contributed by atoms with Crippen molar-refractivity contribution >= 4 is 11.8 Å². The third kappa shape index (κ3) is 3.76. The van der Waals surface area contributed by atoms with Crippen molar-refractivity contribution in [2.75, 3.05) is 6.54 Å². The summed E-state index contributed by atoms with van der Waals surface area (Å²) < 4.78 is 0. The van der Waals surface area contributed by atoms with Gasteiger partial charge in [0.2, 0.25) is 11.8 Å². The number of nitrogens with one attached hydrogen (secondary N) is 3. The van der Waals surface area contributed by atoms with Crippen LogP contribution in [0.2, 0.25) is 0 Å². The maximum Gasteiger partial charge on any atom is 0.254 e. The first-order chi connectivity index (χ1) is 11.9. The second-order valence-electron chi connectivity index (χ2n) is 6.12. The molecule has 1 atom stereocenters. The zero-order chi connectivity index (χ0) is 18.0. The Bertz CT molecular complexity index is 842. The molecule has 2 aromatic heterocycles. The second-order valence-corrected chi connectivity index (χ2v) is 6.12. The number of carbonyl (C=O) groups excluding carboxylic acids is 2. The molecule has 3 N–H and O–H groups in total. The van der Waals surface area contributed by atoms with Gasteiger partial charge >= 0.3 is 0 Å². The number of hydrogen-bond acceptors (Lipinski definition) is 5. The summed E-state index contributed by atoms with van der Waals surface area (Å²) in [7, 11) is 0. The number of aromatic amines is 2. The lowest BCUT2D eigenvalue weighted by atomic mass is 10.0. The first-order valence-corrected chi connectivity index (χ1v) is 8.06. The van der Waals surface area contributed by atoms with Gasteiger partial charge < -0.3 is 20.2 Å². The lowest BCUT2D eigenvalue weighted by Gasteiger charge is -2.31. The molecule has 0 radical (unpaired) electrons. The van der Waals surface area contributed by atoms with Crippen LogP contribution in [0.4, 0.5) is 0 Å². The van der Waals surface area contributed by atoms with E-state index in [-0.39, 0.29) is 23.9 Å². The van der Waals surface area contributed by atoms with Gasteiger partial charge in [-0.3, -0.25) is 14.4 Å². The average Bonchev–Trinajstić information content (AvgIpc) is 3.05. The van der Waals surface area contributed by atoms with E-state index in [0.29, 0.717) is 36.5 Å².